The number of urea groups is 1. The van der Waals surface area contributed by atoms with Crippen LogP contribution in [0.3, 0.4) is 0 Å². The van der Waals surface area contributed by atoms with Gasteiger partial charge in [0.05, 0.1) is 5.56 Å². The summed E-state index contributed by atoms with van der Waals surface area (Å²) in [6.07, 6.45) is 4.41. The van der Waals surface area contributed by atoms with Crippen molar-refractivity contribution in [2.45, 2.75) is 38.3 Å². The Morgan fingerprint density at radius 1 is 1.19 bits per heavy atom. The van der Waals surface area contributed by atoms with E-state index < -0.39 is 11.9 Å². The SMILES string of the molecule is NC(=O)c1c(NC(=O)Nc2ccc(Cl)cc2)sc2c1CC1CCCCN1C2. The lowest BCUT2D eigenvalue weighted by molar-refractivity contribution is 0.0995. The third kappa shape index (κ3) is 3.81. The normalized spacial score (nSPS) is 19.1. The molecule has 6 nitrogen and oxygen atoms in total. The molecule has 1 fully saturated rings. The number of nitrogens with zero attached hydrogens (tertiary/aromatic N) is 1. The van der Waals surface area contributed by atoms with Gasteiger partial charge in [-0.05, 0) is 55.6 Å². The summed E-state index contributed by atoms with van der Waals surface area (Å²) in [5.74, 6) is -0.487. The molecule has 1 atom stereocenters. The summed E-state index contributed by atoms with van der Waals surface area (Å²) in [6.45, 7) is 1.92. The quantitative estimate of drug-likeness (QED) is 0.720. The number of nitrogens with two attached hydrogens (primary N) is 1. The topological polar surface area (TPSA) is 87.5 Å². The Kier molecular flexibility index (Phi) is 5.08. The first kappa shape index (κ1) is 18.3. The maximum Gasteiger partial charge on any atom is 0.324 e. The Bertz CT molecular complexity index is 881. The molecule has 2 aliphatic heterocycles. The number of amides is 3. The van der Waals surface area contributed by atoms with E-state index in [0.717, 1.165) is 36.4 Å². The smallest absolute Gasteiger partial charge is 0.324 e. The zero-order valence-electron chi connectivity index (χ0n) is 14.8. The van der Waals surface area contributed by atoms with Gasteiger partial charge < -0.3 is 11.1 Å². The average molecular weight is 405 g/mol. The number of halogens is 1. The number of thiophene rings is 1. The third-order valence-electron chi connectivity index (χ3n) is 5.20. The standard InChI is InChI=1S/C19H21ClN4O2S/c20-11-4-6-12(7-5-11)22-19(26)23-18-16(17(21)25)14-9-13-3-1-2-8-24(13)10-15(14)27-18/h4-7,13H,1-3,8-10H2,(H2,21,25)(H2,22,23,26). The first-order valence-corrected chi connectivity index (χ1v) is 10.2. The number of rotatable bonds is 3. The van der Waals surface area contributed by atoms with E-state index in [1.807, 2.05) is 0 Å². The van der Waals surface area contributed by atoms with Crippen molar-refractivity contribution in [1.29, 1.82) is 0 Å². The molecular weight excluding hydrogens is 384 g/mol. The van der Waals surface area contributed by atoms with Crippen LogP contribution in [-0.4, -0.2) is 29.4 Å². The lowest BCUT2D eigenvalue weighted by Gasteiger charge is -2.39. The van der Waals surface area contributed by atoms with Crippen molar-refractivity contribution >= 4 is 45.6 Å². The highest BCUT2D eigenvalue weighted by Crippen LogP contribution is 2.40. The Morgan fingerprint density at radius 3 is 2.70 bits per heavy atom. The van der Waals surface area contributed by atoms with Crippen LogP contribution < -0.4 is 16.4 Å². The molecule has 27 heavy (non-hydrogen) atoms. The van der Waals surface area contributed by atoms with Crippen LogP contribution in [0.5, 0.6) is 0 Å². The minimum atomic E-state index is -0.487. The molecule has 1 aromatic heterocycles. The van der Waals surface area contributed by atoms with Gasteiger partial charge in [-0.2, -0.15) is 0 Å². The predicted molar refractivity (Wildman–Crippen MR) is 109 cm³/mol. The van der Waals surface area contributed by atoms with Gasteiger partial charge in [0.25, 0.3) is 5.91 Å². The van der Waals surface area contributed by atoms with Gasteiger partial charge in [-0.1, -0.05) is 18.0 Å². The van der Waals surface area contributed by atoms with E-state index >= 15 is 0 Å². The molecule has 2 aromatic rings. The number of carbonyl (C=O) groups is 2. The molecule has 0 bridgehead atoms. The van der Waals surface area contributed by atoms with E-state index in [1.165, 1.54) is 24.2 Å². The Labute approximate surface area is 166 Å². The summed E-state index contributed by atoms with van der Waals surface area (Å²) < 4.78 is 0. The maximum absolute atomic E-state index is 12.4. The Hall–Kier alpha value is -2.09. The second kappa shape index (κ2) is 7.50. The summed E-state index contributed by atoms with van der Waals surface area (Å²) in [7, 11) is 0. The van der Waals surface area contributed by atoms with Crippen molar-refractivity contribution in [1.82, 2.24) is 4.90 Å². The fraction of sp³-hybridized carbons (Fsp3) is 0.368. The molecule has 0 spiro atoms. The molecule has 3 amide bonds. The zero-order chi connectivity index (χ0) is 19.0. The molecule has 1 unspecified atom stereocenters. The molecule has 1 saturated heterocycles. The van der Waals surface area contributed by atoms with Crippen LogP contribution in [0, 0.1) is 0 Å². The van der Waals surface area contributed by atoms with E-state index in [1.54, 1.807) is 24.3 Å². The fourth-order valence-electron chi connectivity index (χ4n) is 3.92. The van der Waals surface area contributed by atoms with Crippen LogP contribution in [0.1, 0.15) is 40.1 Å². The van der Waals surface area contributed by atoms with Crippen molar-refractivity contribution in [2.24, 2.45) is 5.73 Å². The first-order chi connectivity index (χ1) is 13.0. The predicted octanol–water partition coefficient (Wildman–Crippen LogP) is 4.06. The van der Waals surface area contributed by atoms with Gasteiger partial charge in [0, 0.05) is 28.2 Å². The van der Waals surface area contributed by atoms with E-state index in [-0.39, 0.29) is 0 Å². The number of hydrogen-bond donors (Lipinski definition) is 3. The minimum Gasteiger partial charge on any atom is -0.365 e. The Balaban J connectivity index is 1.56. The number of anilines is 2. The third-order valence-corrected chi connectivity index (χ3v) is 6.59. The molecule has 4 N–H and O–H groups in total. The highest BCUT2D eigenvalue weighted by atomic mass is 35.5. The summed E-state index contributed by atoms with van der Waals surface area (Å²) in [4.78, 5) is 28.1. The molecule has 0 aliphatic carbocycles. The summed E-state index contributed by atoms with van der Waals surface area (Å²) in [5, 5.41) is 6.68. The monoisotopic (exact) mass is 404 g/mol. The molecular formula is C19H21ClN4O2S. The lowest BCUT2D eigenvalue weighted by atomic mass is 9.90. The van der Waals surface area contributed by atoms with Crippen LogP contribution in [0.15, 0.2) is 24.3 Å². The molecule has 0 saturated carbocycles. The van der Waals surface area contributed by atoms with E-state index in [0.29, 0.717) is 27.3 Å². The van der Waals surface area contributed by atoms with E-state index in [9.17, 15) is 9.59 Å². The van der Waals surface area contributed by atoms with Gasteiger partial charge in [0.1, 0.15) is 5.00 Å². The molecule has 3 heterocycles. The van der Waals surface area contributed by atoms with Gasteiger partial charge in [-0.15, -0.1) is 11.3 Å². The number of hydrogen-bond acceptors (Lipinski definition) is 4. The fourth-order valence-corrected chi connectivity index (χ4v) is 5.30. The number of fused-ring (bicyclic) bond motifs is 2. The molecule has 8 heteroatoms. The zero-order valence-corrected chi connectivity index (χ0v) is 16.3. The second-order valence-electron chi connectivity index (χ2n) is 6.98. The van der Waals surface area contributed by atoms with Gasteiger partial charge in [0.2, 0.25) is 0 Å². The molecule has 142 valence electrons. The number of benzene rings is 1. The molecule has 4 rings (SSSR count). The molecule has 1 aromatic carbocycles. The first-order valence-electron chi connectivity index (χ1n) is 9.03. The van der Waals surface area contributed by atoms with Crippen LogP contribution >= 0.6 is 22.9 Å². The van der Waals surface area contributed by atoms with Crippen LogP contribution in [0.4, 0.5) is 15.5 Å². The van der Waals surface area contributed by atoms with Gasteiger partial charge >= 0.3 is 6.03 Å². The van der Waals surface area contributed by atoms with Crippen molar-refractivity contribution < 1.29 is 9.59 Å². The van der Waals surface area contributed by atoms with Crippen LogP contribution in [0.2, 0.25) is 5.02 Å². The number of piperidine rings is 1. The average Bonchev–Trinajstić information content (AvgIpc) is 2.98. The van der Waals surface area contributed by atoms with Gasteiger partial charge in [-0.25, -0.2) is 4.79 Å². The number of nitrogens with one attached hydrogen (secondary N) is 2. The largest absolute Gasteiger partial charge is 0.365 e. The maximum atomic E-state index is 12.4. The Morgan fingerprint density at radius 2 is 1.96 bits per heavy atom. The van der Waals surface area contributed by atoms with E-state index in [2.05, 4.69) is 15.5 Å². The second-order valence-corrected chi connectivity index (χ2v) is 8.52. The van der Waals surface area contributed by atoms with Crippen molar-refractivity contribution in [3.8, 4) is 0 Å². The van der Waals surface area contributed by atoms with Crippen LogP contribution in [0.25, 0.3) is 0 Å². The molecule has 2 aliphatic rings. The summed E-state index contributed by atoms with van der Waals surface area (Å²) in [5.41, 5.74) is 7.76. The summed E-state index contributed by atoms with van der Waals surface area (Å²) in [6, 6.07) is 6.90. The van der Waals surface area contributed by atoms with Gasteiger partial charge in [-0.3, -0.25) is 15.0 Å². The number of carbonyl (C=O) groups excluding carboxylic acids is 2. The van der Waals surface area contributed by atoms with E-state index in [4.69, 9.17) is 17.3 Å². The number of primary amides is 1. The highest BCUT2D eigenvalue weighted by Gasteiger charge is 2.34. The van der Waals surface area contributed by atoms with Crippen molar-refractivity contribution in [3.05, 3.63) is 45.3 Å². The summed E-state index contributed by atoms with van der Waals surface area (Å²) >= 11 is 7.31. The molecule has 0 radical (unpaired) electrons. The lowest BCUT2D eigenvalue weighted by Crippen LogP contribution is -2.43. The van der Waals surface area contributed by atoms with Crippen molar-refractivity contribution in [2.75, 3.05) is 17.2 Å². The minimum absolute atomic E-state index is 0.406. The van der Waals surface area contributed by atoms with Crippen LogP contribution in [-0.2, 0) is 13.0 Å². The van der Waals surface area contributed by atoms with Gasteiger partial charge in [0.15, 0.2) is 0 Å². The van der Waals surface area contributed by atoms with Crippen molar-refractivity contribution in [3.63, 3.8) is 0 Å². The highest BCUT2D eigenvalue weighted by molar-refractivity contribution is 7.17.